The highest BCUT2D eigenvalue weighted by Crippen LogP contribution is 2.26. The first-order valence-corrected chi connectivity index (χ1v) is 7.28. The van der Waals surface area contributed by atoms with Crippen LogP contribution in [0, 0.1) is 0 Å². The van der Waals surface area contributed by atoms with E-state index in [1.165, 1.54) is 10.9 Å². The summed E-state index contributed by atoms with van der Waals surface area (Å²) in [6, 6.07) is 0.387. The quantitative estimate of drug-likeness (QED) is 0.834. The lowest BCUT2D eigenvalue weighted by Crippen LogP contribution is -2.40. The molecule has 0 radical (unpaired) electrons. The van der Waals surface area contributed by atoms with Gasteiger partial charge in [-0.1, -0.05) is 0 Å². The Morgan fingerprint density at radius 2 is 2.35 bits per heavy atom. The van der Waals surface area contributed by atoms with Crippen molar-refractivity contribution in [3.8, 4) is 0 Å². The fourth-order valence-electron chi connectivity index (χ4n) is 2.76. The van der Waals surface area contributed by atoms with Crippen LogP contribution in [0.25, 0.3) is 0 Å². The number of nitrogens with zero attached hydrogens (tertiary/aromatic N) is 3. The minimum absolute atomic E-state index is 0.0211. The summed E-state index contributed by atoms with van der Waals surface area (Å²) in [5, 5.41) is 3.19. The van der Waals surface area contributed by atoms with Crippen LogP contribution in [0.1, 0.15) is 31.0 Å². The Kier molecular flexibility index (Phi) is 3.56. The number of rotatable bonds is 4. The van der Waals surface area contributed by atoms with Crippen molar-refractivity contribution in [2.45, 2.75) is 45.3 Å². The van der Waals surface area contributed by atoms with E-state index in [9.17, 15) is 9.59 Å². The molecule has 1 amide bonds. The number of nitrogens with one attached hydrogen (secondary N) is 1. The van der Waals surface area contributed by atoms with Crippen LogP contribution in [-0.2, 0) is 24.3 Å². The van der Waals surface area contributed by atoms with Crippen molar-refractivity contribution in [2.75, 3.05) is 13.1 Å². The summed E-state index contributed by atoms with van der Waals surface area (Å²) in [5.41, 5.74) is 1.52. The molecule has 0 bridgehead atoms. The van der Waals surface area contributed by atoms with Crippen molar-refractivity contribution in [2.24, 2.45) is 0 Å². The third-order valence-electron chi connectivity index (χ3n) is 4.02. The predicted molar refractivity (Wildman–Crippen MR) is 74.3 cm³/mol. The molecule has 6 nitrogen and oxygen atoms in total. The summed E-state index contributed by atoms with van der Waals surface area (Å²) in [7, 11) is 0. The third kappa shape index (κ3) is 2.47. The van der Waals surface area contributed by atoms with Crippen molar-refractivity contribution < 1.29 is 4.79 Å². The maximum atomic E-state index is 12.4. The van der Waals surface area contributed by atoms with E-state index in [0.717, 1.165) is 30.6 Å². The second-order valence-electron chi connectivity index (χ2n) is 5.44. The SMILES string of the molecule is CCN(C(=O)Cn1cnc2c(c1=O)CCNC2)C1CC1. The largest absolute Gasteiger partial charge is 0.338 e. The average Bonchev–Trinajstić information content (AvgIpc) is 3.28. The van der Waals surface area contributed by atoms with E-state index < -0.39 is 0 Å². The summed E-state index contributed by atoms with van der Waals surface area (Å²) in [4.78, 5) is 30.8. The van der Waals surface area contributed by atoms with Gasteiger partial charge in [0.15, 0.2) is 0 Å². The van der Waals surface area contributed by atoms with Gasteiger partial charge >= 0.3 is 0 Å². The standard InChI is InChI=1S/C14H20N4O2/c1-2-18(10-3-4-10)13(19)8-17-9-16-12-7-15-6-5-11(12)14(17)20/h9-10,15H,2-8H2,1H3. The second kappa shape index (κ2) is 5.36. The Bertz CT molecular complexity index is 577. The Morgan fingerprint density at radius 1 is 1.55 bits per heavy atom. The first kappa shape index (κ1) is 13.3. The maximum absolute atomic E-state index is 12.4. The van der Waals surface area contributed by atoms with Crippen molar-refractivity contribution >= 4 is 5.91 Å². The first-order chi connectivity index (χ1) is 9.70. The summed E-state index contributed by atoms with van der Waals surface area (Å²) in [6.45, 7) is 4.24. The molecule has 1 aliphatic carbocycles. The minimum Gasteiger partial charge on any atom is -0.338 e. The summed E-state index contributed by atoms with van der Waals surface area (Å²) < 4.78 is 1.46. The van der Waals surface area contributed by atoms with E-state index in [1.807, 2.05) is 11.8 Å². The normalized spacial score (nSPS) is 17.6. The Hall–Kier alpha value is -1.69. The molecular weight excluding hydrogens is 256 g/mol. The highest BCUT2D eigenvalue weighted by atomic mass is 16.2. The highest BCUT2D eigenvalue weighted by molar-refractivity contribution is 5.76. The van der Waals surface area contributed by atoms with Crippen molar-refractivity contribution in [3.05, 3.63) is 27.9 Å². The second-order valence-corrected chi connectivity index (χ2v) is 5.44. The van der Waals surface area contributed by atoms with Gasteiger partial charge in [0.1, 0.15) is 6.54 Å². The molecule has 2 heterocycles. The topological polar surface area (TPSA) is 67.2 Å². The molecule has 20 heavy (non-hydrogen) atoms. The number of hydrogen-bond acceptors (Lipinski definition) is 4. The molecule has 0 spiro atoms. The van der Waals surface area contributed by atoms with Crippen LogP contribution in [0.15, 0.2) is 11.1 Å². The summed E-state index contributed by atoms with van der Waals surface area (Å²) in [5.74, 6) is 0.0211. The van der Waals surface area contributed by atoms with E-state index in [1.54, 1.807) is 0 Å². The zero-order valence-electron chi connectivity index (χ0n) is 11.8. The van der Waals surface area contributed by atoms with E-state index in [0.29, 0.717) is 25.6 Å². The molecule has 0 saturated heterocycles. The monoisotopic (exact) mass is 276 g/mol. The molecular formula is C14H20N4O2. The Balaban J connectivity index is 1.80. The molecule has 3 rings (SSSR count). The summed E-state index contributed by atoms with van der Waals surface area (Å²) in [6.07, 6.45) is 4.37. The highest BCUT2D eigenvalue weighted by Gasteiger charge is 2.31. The third-order valence-corrected chi connectivity index (χ3v) is 4.02. The zero-order chi connectivity index (χ0) is 14.1. The molecule has 0 atom stereocenters. The number of hydrogen-bond donors (Lipinski definition) is 1. The number of aromatic nitrogens is 2. The van der Waals surface area contributed by atoms with Gasteiger partial charge in [-0.25, -0.2) is 4.98 Å². The van der Waals surface area contributed by atoms with Gasteiger partial charge in [-0.3, -0.25) is 14.2 Å². The van der Waals surface area contributed by atoms with Crippen LogP contribution in [0.2, 0.25) is 0 Å². The Morgan fingerprint density at radius 3 is 3.05 bits per heavy atom. The molecule has 1 saturated carbocycles. The number of carbonyl (C=O) groups is 1. The van der Waals surface area contributed by atoms with Gasteiger partial charge in [0.05, 0.1) is 12.0 Å². The fraction of sp³-hybridized carbons (Fsp3) is 0.643. The van der Waals surface area contributed by atoms with Crippen molar-refractivity contribution in [3.63, 3.8) is 0 Å². The van der Waals surface area contributed by atoms with Gasteiger partial charge in [-0.2, -0.15) is 0 Å². The van der Waals surface area contributed by atoms with Crippen LogP contribution < -0.4 is 10.9 Å². The van der Waals surface area contributed by atoms with Gasteiger partial charge in [-0.05, 0) is 32.7 Å². The van der Waals surface area contributed by atoms with Gasteiger partial charge in [-0.15, -0.1) is 0 Å². The minimum atomic E-state index is -0.0586. The zero-order valence-corrected chi connectivity index (χ0v) is 11.8. The lowest BCUT2D eigenvalue weighted by Gasteiger charge is -2.21. The first-order valence-electron chi connectivity index (χ1n) is 7.28. The number of likely N-dealkylation sites (N-methyl/N-ethyl adjacent to an activating group) is 1. The average molecular weight is 276 g/mol. The summed E-state index contributed by atoms with van der Waals surface area (Å²) >= 11 is 0. The molecule has 2 aliphatic rings. The molecule has 1 aliphatic heterocycles. The molecule has 1 N–H and O–H groups in total. The van der Waals surface area contributed by atoms with E-state index in [4.69, 9.17) is 0 Å². The van der Waals surface area contributed by atoms with Crippen LogP contribution in [0.4, 0.5) is 0 Å². The number of fused-ring (bicyclic) bond motifs is 1. The fourth-order valence-corrected chi connectivity index (χ4v) is 2.76. The molecule has 0 aromatic carbocycles. The van der Waals surface area contributed by atoms with Crippen molar-refractivity contribution in [1.82, 2.24) is 19.8 Å². The molecule has 0 unspecified atom stereocenters. The van der Waals surface area contributed by atoms with Crippen molar-refractivity contribution in [1.29, 1.82) is 0 Å². The lowest BCUT2D eigenvalue weighted by molar-refractivity contribution is -0.132. The molecule has 1 aromatic rings. The maximum Gasteiger partial charge on any atom is 0.257 e. The van der Waals surface area contributed by atoms with Gasteiger partial charge in [0, 0.05) is 24.7 Å². The molecule has 108 valence electrons. The lowest BCUT2D eigenvalue weighted by atomic mass is 10.1. The van der Waals surface area contributed by atoms with Crippen LogP contribution in [-0.4, -0.2) is 39.5 Å². The number of amides is 1. The molecule has 1 fully saturated rings. The van der Waals surface area contributed by atoms with Gasteiger partial charge in [0.25, 0.3) is 5.56 Å². The van der Waals surface area contributed by atoms with Crippen LogP contribution >= 0.6 is 0 Å². The van der Waals surface area contributed by atoms with E-state index in [-0.39, 0.29) is 18.0 Å². The van der Waals surface area contributed by atoms with E-state index >= 15 is 0 Å². The molecule has 1 aromatic heterocycles. The van der Waals surface area contributed by atoms with Crippen LogP contribution in [0.5, 0.6) is 0 Å². The van der Waals surface area contributed by atoms with Gasteiger partial charge in [0.2, 0.25) is 5.91 Å². The number of carbonyl (C=O) groups excluding carboxylic acids is 1. The van der Waals surface area contributed by atoms with Gasteiger partial charge < -0.3 is 10.2 Å². The van der Waals surface area contributed by atoms with Crippen LogP contribution in [0.3, 0.4) is 0 Å². The Labute approximate surface area is 117 Å². The smallest absolute Gasteiger partial charge is 0.257 e. The molecule has 6 heteroatoms. The van der Waals surface area contributed by atoms with E-state index in [2.05, 4.69) is 10.3 Å². The predicted octanol–water partition coefficient (Wildman–Crippen LogP) is -0.100.